The molecule has 0 saturated carbocycles. The number of carbonyl (C=O) groups excluding carboxylic acids is 3. The SMILES string of the molecule is CC/C=C\C/C=C\C/C=C\CCCCCCCCCC(=O)OCC(COC(=O)CCCCCCCCCCCCCCCCCCCCCCCC)OC(=O)CCCCCCCCCCCCCCCCCCCCCCC. The summed E-state index contributed by atoms with van der Waals surface area (Å²) >= 11 is 0. The summed E-state index contributed by atoms with van der Waals surface area (Å²) in [5.74, 6) is -0.848. The summed E-state index contributed by atoms with van der Waals surface area (Å²) in [5.41, 5.74) is 0. The highest BCUT2D eigenvalue weighted by Crippen LogP contribution is 2.19. The lowest BCUT2D eigenvalue weighted by Crippen LogP contribution is -2.30. The van der Waals surface area contributed by atoms with Crippen LogP contribution in [0.5, 0.6) is 0 Å². The van der Waals surface area contributed by atoms with E-state index in [-0.39, 0.29) is 31.1 Å². The average Bonchev–Trinajstić information content (AvgIpc) is 3.44. The molecule has 0 aliphatic rings. The number of ether oxygens (including phenoxy) is 3. The van der Waals surface area contributed by atoms with E-state index < -0.39 is 6.10 Å². The second kappa shape index (κ2) is 67.1. The molecule has 0 rings (SSSR count). The Hall–Kier alpha value is -2.37. The standard InChI is InChI=1S/C72H134O6/c1-4-7-10-13-16-19-22-25-28-31-33-35-37-38-41-44-47-50-53-56-59-62-65-71(74)77-68-69(67-76-70(73)64-61-58-55-52-49-46-43-40-30-27-24-21-18-15-12-9-6-3)78-72(75)66-63-60-57-54-51-48-45-42-39-36-34-32-29-26-23-20-17-14-11-8-5-2/h9,12,18,21,27,30,69H,4-8,10-11,13-17,19-20,22-26,28-29,31-68H2,1-3H3/b12-9-,21-18-,30-27-. The van der Waals surface area contributed by atoms with E-state index in [1.165, 1.54) is 263 Å². The number of esters is 3. The van der Waals surface area contributed by atoms with Gasteiger partial charge in [0, 0.05) is 19.3 Å². The topological polar surface area (TPSA) is 78.9 Å². The first-order chi connectivity index (χ1) is 38.5. The van der Waals surface area contributed by atoms with Crippen molar-refractivity contribution in [3.05, 3.63) is 36.5 Å². The van der Waals surface area contributed by atoms with Crippen molar-refractivity contribution in [3.8, 4) is 0 Å². The van der Waals surface area contributed by atoms with Crippen LogP contribution in [0, 0.1) is 0 Å². The molecule has 1 atom stereocenters. The molecule has 0 N–H and O–H groups in total. The van der Waals surface area contributed by atoms with Gasteiger partial charge in [-0.2, -0.15) is 0 Å². The Morgan fingerprint density at radius 3 is 0.782 bits per heavy atom. The minimum atomic E-state index is -0.774. The van der Waals surface area contributed by atoms with Crippen LogP contribution in [-0.2, 0) is 28.6 Å². The van der Waals surface area contributed by atoms with Crippen LogP contribution in [-0.4, -0.2) is 37.2 Å². The van der Waals surface area contributed by atoms with Crippen LogP contribution in [0.3, 0.4) is 0 Å². The van der Waals surface area contributed by atoms with Crippen LogP contribution < -0.4 is 0 Å². The summed E-state index contributed by atoms with van der Waals surface area (Å²) in [7, 11) is 0. The van der Waals surface area contributed by atoms with Gasteiger partial charge in [-0.1, -0.05) is 353 Å². The Kier molecular flexibility index (Phi) is 65.1. The van der Waals surface area contributed by atoms with E-state index in [0.29, 0.717) is 19.3 Å². The van der Waals surface area contributed by atoms with E-state index in [1.54, 1.807) is 0 Å². The molecular weight excluding hydrogens is 961 g/mol. The zero-order chi connectivity index (χ0) is 56.4. The van der Waals surface area contributed by atoms with Crippen molar-refractivity contribution in [3.63, 3.8) is 0 Å². The van der Waals surface area contributed by atoms with Gasteiger partial charge in [0.2, 0.25) is 0 Å². The zero-order valence-corrected chi connectivity index (χ0v) is 52.7. The fourth-order valence-corrected chi connectivity index (χ4v) is 10.7. The van der Waals surface area contributed by atoms with Gasteiger partial charge in [0.05, 0.1) is 0 Å². The van der Waals surface area contributed by atoms with Crippen molar-refractivity contribution >= 4 is 17.9 Å². The first kappa shape index (κ1) is 75.6. The van der Waals surface area contributed by atoms with Crippen LogP contribution in [0.2, 0.25) is 0 Å². The molecule has 0 heterocycles. The summed E-state index contributed by atoms with van der Waals surface area (Å²) < 4.78 is 17.0. The van der Waals surface area contributed by atoms with Crippen LogP contribution in [0.4, 0.5) is 0 Å². The molecule has 0 amide bonds. The van der Waals surface area contributed by atoms with Crippen LogP contribution in [0.15, 0.2) is 36.5 Å². The minimum Gasteiger partial charge on any atom is -0.462 e. The number of allylic oxidation sites excluding steroid dienone is 6. The molecule has 0 spiro atoms. The third-order valence-corrected chi connectivity index (χ3v) is 15.9. The summed E-state index contributed by atoms with van der Waals surface area (Å²) in [4.78, 5) is 38.5. The molecule has 0 aromatic heterocycles. The summed E-state index contributed by atoms with van der Waals surface area (Å²) in [6.45, 7) is 6.61. The van der Waals surface area contributed by atoms with Crippen molar-refractivity contribution in [2.75, 3.05) is 13.2 Å². The molecule has 0 radical (unpaired) electrons. The summed E-state index contributed by atoms with van der Waals surface area (Å²) in [6, 6.07) is 0. The smallest absolute Gasteiger partial charge is 0.306 e. The van der Waals surface area contributed by atoms with E-state index in [2.05, 4.69) is 57.2 Å². The first-order valence-electron chi connectivity index (χ1n) is 35.0. The molecule has 0 bridgehead atoms. The van der Waals surface area contributed by atoms with Crippen LogP contribution >= 0.6 is 0 Å². The summed E-state index contributed by atoms with van der Waals surface area (Å²) in [6.07, 6.45) is 83.1. The molecule has 0 aromatic carbocycles. The van der Waals surface area contributed by atoms with Gasteiger partial charge < -0.3 is 14.2 Å². The lowest BCUT2D eigenvalue weighted by Gasteiger charge is -2.18. The molecule has 6 nitrogen and oxygen atoms in total. The van der Waals surface area contributed by atoms with E-state index in [1.807, 2.05) is 0 Å². The van der Waals surface area contributed by atoms with Crippen LogP contribution in [0.1, 0.15) is 387 Å². The van der Waals surface area contributed by atoms with Gasteiger partial charge in [-0.15, -0.1) is 0 Å². The Labute approximate surface area is 486 Å². The maximum atomic E-state index is 13.0. The Morgan fingerprint density at radius 2 is 0.500 bits per heavy atom. The van der Waals surface area contributed by atoms with E-state index in [0.717, 1.165) is 83.5 Å². The second-order valence-corrected chi connectivity index (χ2v) is 23.8. The van der Waals surface area contributed by atoms with E-state index in [4.69, 9.17) is 14.2 Å². The molecule has 0 aliphatic carbocycles. The van der Waals surface area contributed by atoms with Crippen LogP contribution in [0.25, 0.3) is 0 Å². The Bertz CT molecular complexity index is 1300. The van der Waals surface area contributed by atoms with Crippen molar-refractivity contribution in [2.24, 2.45) is 0 Å². The maximum absolute atomic E-state index is 13.0. The van der Waals surface area contributed by atoms with Gasteiger partial charge in [0.15, 0.2) is 6.10 Å². The highest BCUT2D eigenvalue weighted by molar-refractivity contribution is 5.71. The lowest BCUT2D eigenvalue weighted by atomic mass is 10.0. The number of hydrogen-bond acceptors (Lipinski definition) is 6. The van der Waals surface area contributed by atoms with Gasteiger partial charge >= 0.3 is 17.9 Å². The number of rotatable bonds is 65. The normalized spacial score (nSPS) is 12.2. The van der Waals surface area contributed by atoms with Gasteiger partial charge in [-0.25, -0.2) is 0 Å². The molecular formula is C72H134O6. The molecule has 0 saturated heterocycles. The van der Waals surface area contributed by atoms with Gasteiger partial charge in [-0.3, -0.25) is 14.4 Å². The highest BCUT2D eigenvalue weighted by Gasteiger charge is 2.19. The van der Waals surface area contributed by atoms with Gasteiger partial charge in [0.1, 0.15) is 13.2 Å². The van der Waals surface area contributed by atoms with Crippen molar-refractivity contribution < 1.29 is 28.6 Å². The van der Waals surface area contributed by atoms with E-state index in [9.17, 15) is 14.4 Å². The van der Waals surface area contributed by atoms with Crippen molar-refractivity contribution in [2.45, 2.75) is 393 Å². The van der Waals surface area contributed by atoms with E-state index >= 15 is 0 Å². The number of hydrogen-bond donors (Lipinski definition) is 0. The third-order valence-electron chi connectivity index (χ3n) is 15.9. The predicted molar refractivity (Wildman–Crippen MR) is 339 cm³/mol. The largest absolute Gasteiger partial charge is 0.462 e. The number of unbranched alkanes of at least 4 members (excludes halogenated alkanes) is 48. The molecule has 6 heteroatoms. The average molecular weight is 1100 g/mol. The minimum absolute atomic E-state index is 0.0692. The van der Waals surface area contributed by atoms with Crippen molar-refractivity contribution in [1.29, 1.82) is 0 Å². The summed E-state index contributed by atoms with van der Waals surface area (Å²) in [5, 5.41) is 0. The van der Waals surface area contributed by atoms with Gasteiger partial charge in [-0.05, 0) is 51.4 Å². The molecule has 0 aliphatic heterocycles. The molecule has 1 unspecified atom stereocenters. The number of carbonyl (C=O) groups is 3. The maximum Gasteiger partial charge on any atom is 0.306 e. The van der Waals surface area contributed by atoms with Crippen molar-refractivity contribution in [1.82, 2.24) is 0 Å². The second-order valence-electron chi connectivity index (χ2n) is 23.8. The monoisotopic (exact) mass is 1100 g/mol. The fourth-order valence-electron chi connectivity index (χ4n) is 10.7. The zero-order valence-electron chi connectivity index (χ0n) is 52.7. The predicted octanol–water partition coefficient (Wildman–Crippen LogP) is 23.9. The molecule has 78 heavy (non-hydrogen) atoms. The van der Waals surface area contributed by atoms with Gasteiger partial charge in [0.25, 0.3) is 0 Å². The fraction of sp³-hybridized carbons (Fsp3) is 0.875. The Morgan fingerprint density at radius 1 is 0.269 bits per heavy atom. The third kappa shape index (κ3) is 64.5. The quantitative estimate of drug-likeness (QED) is 0.0261. The molecule has 458 valence electrons. The highest BCUT2D eigenvalue weighted by atomic mass is 16.6. The molecule has 0 aromatic rings. The Balaban J connectivity index is 4.29. The lowest BCUT2D eigenvalue weighted by molar-refractivity contribution is -0.167. The first-order valence-corrected chi connectivity index (χ1v) is 35.0. The molecule has 0 fully saturated rings.